The fourth-order valence-electron chi connectivity index (χ4n) is 4.37. The smallest absolute Gasteiger partial charge is 0.325 e. The molecule has 160 valence electrons. The predicted molar refractivity (Wildman–Crippen MR) is 113 cm³/mol. The van der Waals surface area contributed by atoms with Gasteiger partial charge in [0.05, 0.1) is 12.2 Å². The van der Waals surface area contributed by atoms with Crippen LogP contribution in [0.3, 0.4) is 0 Å². The van der Waals surface area contributed by atoms with E-state index in [0.717, 1.165) is 6.42 Å². The molecule has 7 nitrogen and oxygen atoms in total. The van der Waals surface area contributed by atoms with Gasteiger partial charge in [-0.25, -0.2) is 4.79 Å². The Balaban J connectivity index is 1.80. The number of carbonyl (C=O) groups excluding carboxylic acids is 3. The van der Waals surface area contributed by atoms with Gasteiger partial charge in [-0.05, 0) is 62.5 Å². The Morgan fingerprint density at radius 2 is 2.03 bits per heavy atom. The number of carbonyl (C=O) groups is 3. The van der Waals surface area contributed by atoms with Crippen LogP contribution in [0.5, 0.6) is 0 Å². The number of pyridine rings is 1. The molecular weight excluding hydrogens is 380 g/mol. The largest absolute Gasteiger partial charge is 0.332 e. The van der Waals surface area contributed by atoms with Crippen LogP contribution >= 0.6 is 0 Å². The Morgan fingerprint density at radius 3 is 2.63 bits per heavy atom. The van der Waals surface area contributed by atoms with E-state index in [0.29, 0.717) is 44.0 Å². The van der Waals surface area contributed by atoms with Gasteiger partial charge in [0, 0.05) is 19.3 Å². The normalized spacial score (nSPS) is 22.1. The number of piperidine rings is 1. The molecule has 0 aromatic carbocycles. The molecule has 0 unspecified atom stereocenters. The molecule has 0 saturated carbocycles. The second kappa shape index (κ2) is 9.29. The van der Waals surface area contributed by atoms with Crippen molar-refractivity contribution in [3.8, 4) is 11.8 Å². The summed E-state index contributed by atoms with van der Waals surface area (Å²) in [5.74, 6) is 5.29. The predicted octanol–water partition coefficient (Wildman–Crippen LogP) is 2.57. The molecular formula is C23H30N4O3. The van der Waals surface area contributed by atoms with Crippen molar-refractivity contribution in [2.24, 2.45) is 11.8 Å². The van der Waals surface area contributed by atoms with E-state index in [9.17, 15) is 14.4 Å². The summed E-state index contributed by atoms with van der Waals surface area (Å²) < 4.78 is 0. The highest BCUT2D eigenvalue weighted by atomic mass is 16.2. The molecule has 7 heteroatoms. The Kier molecular flexibility index (Phi) is 6.76. The van der Waals surface area contributed by atoms with Gasteiger partial charge in [0.2, 0.25) is 0 Å². The highest BCUT2D eigenvalue weighted by Gasteiger charge is 2.55. The zero-order chi connectivity index (χ0) is 21.7. The number of rotatable bonds is 6. The second-order valence-corrected chi connectivity index (χ2v) is 8.49. The number of hydrogen-bond acceptors (Lipinski definition) is 4. The zero-order valence-electron chi connectivity index (χ0n) is 18.0. The van der Waals surface area contributed by atoms with Crippen molar-refractivity contribution in [1.82, 2.24) is 20.1 Å². The molecule has 3 heterocycles. The van der Waals surface area contributed by atoms with Crippen LogP contribution < -0.4 is 5.32 Å². The van der Waals surface area contributed by atoms with Gasteiger partial charge in [0.15, 0.2) is 0 Å². The van der Waals surface area contributed by atoms with E-state index in [2.05, 4.69) is 36.0 Å². The lowest BCUT2D eigenvalue weighted by Crippen LogP contribution is -2.56. The van der Waals surface area contributed by atoms with Crippen molar-refractivity contribution in [1.29, 1.82) is 0 Å². The topological polar surface area (TPSA) is 82.6 Å². The fourth-order valence-corrected chi connectivity index (χ4v) is 4.37. The van der Waals surface area contributed by atoms with Crippen molar-refractivity contribution in [3.05, 3.63) is 30.1 Å². The zero-order valence-corrected chi connectivity index (χ0v) is 18.0. The van der Waals surface area contributed by atoms with Crippen molar-refractivity contribution < 1.29 is 14.4 Å². The third-order valence-corrected chi connectivity index (χ3v) is 6.08. The first-order valence-corrected chi connectivity index (χ1v) is 10.6. The molecule has 4 amide bonds. The maximum atomic E-state index is 13.6. The average Bonchev–Trinajstić information content (AvgIpc) is 2.98. The summed E-state index contributed by atoms with van der Waals surface area (Å²) in [5, 5.41) is 3.06. The standard InChI is InChI=1S/C23H30N4O3/c1-4-7-20(28)26-14-10-18(11-15-26)23(12-9-17(2)3)21(29)27(22(30)25-23)16-19-8-5-6-13-24-19/h5-6,8,13,17-18H,9-12,14-16H2,1-3H3,(H,25,30)/t23-/m1/s1. The van der Waals surface area contributed by atoms with Crippen LogP contribution in [-0.4, -0.2) is 51.3 Å². The number of likely N-dealkylation sites (tertiary alicyclic amines) is 1. The van der Waals surface area contributed by atoms with E-state index >= 15 is 0 Å². The van der Waals surface area contributed by atoms with Crippen LogP contribution in [0.4, 0.5) is 4.79 Å². The Labute approximate surface area is 178 Å². The third kappa shape index (κ3) is 4.48. The van der Waals surface area contributed by atoms with E-state index in [1.807, 2.05) is 12.1 Å². The van der Waals surface area contributed by atoms with Gasteiger partial charge >= 0.3 is 6.03 Å². The van der Waals surface area contributed by atoms with Gasteiger partial charge in [-0.1, -0.05) is 25.8 Å². The lowest BCUT2D eigenvalue weighted by atomic mass is 9.74. The van der Waals surface area contributed by atoms with E-state index in [-0.39, 0.29) is 30.3 Å². The number of nitrogens with one attached hydrogen (secondary N) is 1. The number of aromatic nitrogens is 1. The second-order valence-electron chi connectivity index (χ2n) is 8.49. The Bertz CT molecular complexity index is 850. The van der Waals surface area contributed by atoms with Crippen LogP contribution in [0, 0.1) is 23.7 Å². The Morgan fingerprint density at radius 1 is 1.30 bits per heavy atom. The average molecular weight is 411 g/mol. The molecule has 1 atom stereocenters. The van der Waals surface area contributed by atoms with Crippen LogP contribution in [0.1, 0.15) is 52.1 Å². The van der Waals surface area contributed by atoms with Gasteiger partial charge in [-0.15, -0.1) is 0 Å². The van der Waals surface area contributed by atoms with E-state index in [1.54, 1.807) is 24.1 Å². The molecule has 2 aliphatic heterocycles. The fraction of sp³-hybridized carbons (Fsp3) is 0.565. The SMILES string of the molecule is CC#CC(=O)N1CCC([C@@]2(CCC(C)C)NC(=O)N(Cc3ccccn3)C2=O)CC1. The molecule has 1 aromatic heterocycles. The molecule has 2 aliphatic rings. The summed E-state index contributed by atoms with van der Waals surface area (Å²) >= 11 is 0. The van der Waals surface area contributed by atoms with Crippen molar-refractivity contribution in [2.75, 3.05) is 13.1 Å². The number of urea groups is 1. The van der Waals surface area contributed by atoms with E-state index in [4.69, 9.17) is 0 Å². The molecule has 3 rings (SSSR count). The molecule has 2 fully saturated rings. The van der Waals surface area contributed by atoms with Gasteiger partial charge in [-0.2, -0.15) is 0 Å². The third-order valence-electron chi connectivity index (χ3n) is 6.08. The summed E-state index contributed by atoms with van der Waals surface area (Å²) in [5.41, 5.74) is -0.235. The van der Waals surface area contributed by atoms with Crippen LogP contribution in [-0.2, 0) is 16.1 Å². The van der Waals surface area contributed by atoms with Crippen LogP contribution in [0.15, 0.2) is 24.4 Å². The molecule has 1 N–H and O–H groups in total. The van der Waals surface area contributed by atoms with Gasteiger partial charge in [-0.3, -0.25) is 19.5 Å². The number of nitrogens with zero attached hydrogens (tertiary/aromatic N) is 3. The minimum atomic E-state index is -0.915. The highest BCUT2D eigenvalue weighted by molar-refractivity contribution is 6.07. The van der Waals surface area contributed by atoms with Gasteiger partial charge < -0.3 is 10.2 Å². The van der Waals surface area contributed by atoms with E-state index < -0.39 is 5.54 Å². The number of hydrogen-bond donors (Lipinski definition) is 1. The van der Waals surface area contributed by atoms with Gasteiger partial charge in [0.25, 0.3) is 11.8 Å². The maximum absolute atomic E-state index is 13.6. The molecule has 0 spiro atoms. The summed E-state index contributed by atoms with van der Waals surface area (Å²) in [6, 6.07) is 5.11. The molecule has 30 heavy (non-hydrogen) atoms. The Hall–Kier alpha value is -2.88. The first-order valence-electron chi connectivity index (χ1n) is 10.6. The van der Waals surface area contributed by atoms with Crippen LogP contribution in [0.25, 0.3) is 0 Å². The molecule has 0 radical (unpaired) electrons. The minimum Gasteiger partial charge on any atom is -0.332 e. The minimum absolute atomic E-state index is 0.0138. The highest BCUT2D eigenvalue weighted by Crippen LogP contribution is 2.38. The molecule has 0 aliphatic carbocycles. The summed E-state index contributed by atoms with van der Waals surface area (Å²) in [6.07, 6.45) is 4.42. The van der Waals surface area contributed by atoms with Crippen molar-refractivity contribution in [2.45, 2.75) is 58.5 Å². The summed E-state index contributed by atoms with van der Waals surface area (Å²) in [6.45, 7) is 7.14. The first kappa shape index (κ1) is 21.8. The van der Waals surface area contributed by atoms with Crippen molar-refractivity contribution >= 4 is 17.8 Å². The number of amides is 4. The monoisotopic (exact) mass is 410 g/mol. The molecule has 2 saturated heterocycles. The quantitative estimate of drug-likeness (QED) is 0.577. The van der Waals surface area contributed by atoms with E-state index in [1.165, 1.54) is 4.90 Å². The van der Waals surface area contributed by atoms with Crippen LogP contribution in [0.2, 0.25) is 0 Å². The summed E-state index contributed by atoms with van der Waals surface area (Å²) in [7, 11) is 0. The first-order chi connectivity index (χ1) is 14.4. The summed E-state index contributed by atoms with van der Waals surface area (Å²) in [4.78, 5) is 45.8. The van der Waals surface area contributed by atoms with Crippen molar-refractivity contribution in [3.63, 3.8) is 0 Å². The maximum Gasteiger partial charge on any atom is 0.325 e. The number of imide groups is 1. The lowest BCUT2D eigenvalue weighted by Gasteiger charge is -2.40. The molecule has 0 bridgehead atoms. The van der Waals surface area contributed by atoms with Gasteiger partial charge in [0.1, 0.15) is 5.54 Å². The lowest BCUT2D eigenvalue weighted by molar-refractivity contribution is -0.135. The molecule has 1 aromatic rings.